The van der Waals surface area contributed by atoms with E-state index in [9.17, 15) is 0 Å². The first-order valence-electron chi connectivity index (χ1n) is 6.98. The molecule has 0 saturated carbocycles. The highest BCUT2D eigenvalue weighted by Crippen LogP contribution is 2.36. The van der Waals surface area contributed by atoms with Crippen LogP contribution in [-0.4, -0.2) is 25.2 Å². The van der Waals surface area contributed by atoms with Gasteiger partial charge in [-0.1, -0.05) is 50.0 Å². The van der Waals surface area contributed by atoms with E-state index < -0.39 is 0 Å². The fraction of sp³-hybridized carbons (Fsp3) is 0.600. The first-order valence-corrected chi connectivity index (χ1v) is 7.74. The molecule has 2 unspecified atom stereocenters. The maximum absolute atomic E-state index is 6.38. The van der Waals surface area contributed by atoms with E-state index in [-0.39, 0.29) is 0 Å². The van der Waals surface area contributed by atoms with Crippen molar-refractivity contribution in [2.24, 2.45) is 5.92 Å². The minimum Gasteiger partial charge on any atom is -0.363 e. The van der Waals surface area contributed by atoms with Crippen molar-refractivity contribution < 1.29 is 0 Å². The van der Waals surface area contributed by atoms with E-state index in [4.69, 9.17) is 23.2 Å². The molecule has 1 aliphatic rings. The van der Waals surface area contributed by atoms with Gasteiger partial charge in [-0.3, -0.25) is 0 Å². The quantitative estimate of drug-likeness (QED) is 0.900. The highest BCUT2D eigenvalue weighted by Gasteiger charge is 2.31. The zero-order valence-electron chi connectivity index (χ0n) is 11.8. The normalized spacial score (nSPS) is 24.0. The maximum atomic E-state index is 6.38. The third kappa shape index (κ3) is 3.18. The van der Waals surface area contributed by atoms with Crippen molar-refractivity contribution in [2.45, 2.75) is 39.3 Å². The number of nitrogens with zero attached hydrogens (tertiary/aromatic N) is 1. The van der Waals surface area contributed by atoms with Crippen molar-refractivity contribution in [2.75, 3.05) is 18.0 Å². The average molecular weight is 301 g/mol. The zero-order valence-corrected chi connectivity index (χ0v) is 13.3. The number of hydrogen-bond donors (Lipinski definition) is 1. The smallest absolute Gasteiger partial charge is 0.0748 e. The molecule has 0 aromatic heterocycles. The highest BCUT2D eigenvalue weighted by molar-refractivity contribution is 6.39. The number of halogens is 2. The second-order valence-electron chi connectivity index (χ2n) is 5.55. The van der Waals surface area contributed by atoms with E-state index in [1.165, 1.54) is 0 Å². The Hall–Kier alpha value is -0.440. The summed E-state index contributed by atoms with van der Waals surface area (Å²) in [6.45, 7) is 8.65. The number of anilines is 1. The number of hydrogen-bond acceptors (Lipinski definition) is 2. The van der Waals surface area contributed by atoms with Crippen LogP contribution in [0.15, 0.2) is 18.2 Å². The molecule has 0 radical (unpaired) electrons. The Bertz CT molecular complexity index is 414. The van der Waals surface area contributed by atoms with E-state index >= 15 is 0 Å². The molecule has 2 rings (SSSR count). The van der Waals surface area contributed by atoms with Crippen molar-refractivity contribution in [1.82, 2.24) is 5.32 Å². The van der Waals surface area contributed by atoms with Crippen LogP contribution in [0.3, 0.4) is 0 Å². The predicted molar refractivity (Wildman–Crippen MR) is 84.5 cm³/mol. The molecule has 0 bridgehead atoms. The lowest BCUT2D eigenvalue weighted by Gasteiger charge is -2.44. The van der Waals surface area contributed by atoms with Crippen LogP contribution in [0.2, 0.25) is 10.0 Å². The summed E-state index contributed by atoms with van der Waals surface area (Å²) in [5.41, 5.74) is 0.990. The molecule has 1 fully saturated rings. The molecule has 1 heterocycles. The first-order chi connectivity index (χ1) is 9.04. The van der Waals surface area contributed by atoms with Gasteiger partial charge in [0.15, 0.2) is 0 Å². The summed E-state index contributed by atoms with van der Waals surface area (Å²) in [6.07, 6.45) is 1.11. The number of para-hydroxylation sites is 1. The lowest BCUT2D eigenvalue weighted by atomic mass is 9.97. The molecular formula is C15H22Cl2N2. The van der Waals surface area contributed by atoms with Gasteiger partial charge in [0.2, 0.25) is 0 Å². The van der Waals surface area contributed by atoms with Crippen molar-refractivity contribution in [1.29, 1.82) is 0 Å². The van der Waals surface area contributed by atoms with Gasteiger partial charge in [-0.15, -0.1) is 0 Å². The molecule has 2 nitrogen and oxygen atoms in total. The van der Waals surface area contributed by atoms with E-state index in [0.29, 0.717) is 18.0 Å². The highest BCUT2D eigenvalue weighted by atomic mass is 35.5. The SMILES string of the molecule is CCC1CN(c2c(Cl)cccc2Cl)C(C(C)C)CN1. The Balaban J connectivity index is 2.36. The lowest BCUT2D eigenvalue weighted by Crippen LogP contribution is -2.58. The van der Waals surface area contributed by atoms with Gasteiger partial charge in [0, 0.05) is 25.2 Å². The van der Waals surface area contributed by atoms with Crippen LogP contribution in [0.1, 0.15) is 27.2 Å². The number of benzene rings is 1. The minimum atomic E-state index is 0.431. The molecule has 0 spiro atoms. The second kappa shape index (κ2) is 6.34. The van der Waals surface area contributed by atoms with Crippen molar-refractivity contribution >= 4 is 28.9 Å². The third-order valence-electron chi connectivity index (χ3n) is 3.92. The van der Waals surface area contributed by atoms with Gasteiger partial charge in [0.1, 0.15) is 0 Å². The van der Waals surface area contributed by atoms with Crippen molar-refractivity contribution in [3.8, 4) is 0 Å². The molecule has 2 atom stereocenters. The van der Waals surface area contributed by atoms with Gasteiger partial charge in [0.05, 0.1) is 15.7 Å². The molecule has 106 valence electrons. The number of piperazine rings is 1. The van der Waals surface area contributed by atoms with Crippen LogP contribution < -0.4 is 10.2 Å². The fourth-order valence-electron chi connectivity index (χ4n) is 2.72. The van der Waals surface area contributed by atoms with Crippen LogP contribution in [0.25, 0.3) is 0 Å². The maximum Gasteiger partial charge on any atom is 0.0748 e. The Morgan fingerprint density at radius 2 is 1.95 bits per heavy atom. The van der Waals surface area contributed by atoms with E-state index in [2.05, 4.69) is 31.0 Å². The monoisotopic (exact) mass is 300 g/mol. The summed E-state index contributed by atoms with van der Waals surface area (Å²) in [5, 5.41) is 5.10. The van der Waals surface area contributed by atoms with Crippen LogP contribution in [0.4, 0.5) is 5.69 Å². The Morgan fingerprint density at radius 3 is 2.47 bits per heavy atom. The van der Waals surface area contributed by atoms with Gasteiger partial charge < -0.3 is 10.2 Å². The average Bonchev–Trinajstić information content (AvgIpc) is 2.38. The molecule has 1 aromatic carbocycles. The summed E-state index contributed by atoms with van der Waals surface area (Å²) in [5.74, 6) is 0.553. The van der Waals surface area contributed by atoms with E-state index in [1.54, 1.807) is 0 Å². The zero-order chi connectivity index (χ0) is 14.0. The van der Waals surface area contributed by atoms with Gasteiger partial charge in [-0.2, -0.15) is 0 Å². The minimum absolute atomic E-state index is 0.431. The molecule has 1 N–H and O–H groups in total. The number of nitrogens with one attached hydrogen (secondary N) is 1. The fourth-order valence-corrected chi connectivity index (χ4v) is 3.34. The molecule has 0 amide bonds. The standard InChI is InChI=1S/C15H22Cl2N2/c1-4-11-9-19(14(8-18-11)10(2)3)15-12(16)6-5-7-13(15)17/h5-7,10-11,14,18H,4,8-9H2,1-3H3. The molecular weight excluding hydrogens is 279 g/mol. The van der Waals surface area contributed by atoms with Crippen LogP contribution in [0, 0.1) is 5.92 Å². The number of rotatable bonds is 3. The van der Waals surface area contributed by atoms with Crippen LogP contribution >= 0.6 is 23.2 Å². The summed E-state index contributed by atoms with van der Waals surface area (Å²) < 4.78 is 0. The summed E-state index contributed by atoms with van der Waals surface area (Å²) in [6, 6.07) is 6.67. The molecule has 19 heavy (non-hydrogen) atoms. The largest absolute Gasteiger partial charge is 0.363 e. The molecule has 4 heteroatoms. The lowest BCUT2D eigenvalue weighted by molar-refractivity contribution is 0.333. The molecule has 1 aromatic rings. The van der Waals surface area contributed by atoms with Crippen molar-refractivity contribution in [3.63, 3.8) is 0 Å². The molecule has 0 aliphatic carbocycles. The van der Waals surface area contributed by atoms with E-state index in [1.807, 2.05) is 18.2 Å². The third-order valence-corrected chi connectivity index (χ3v) is 4.53. The van der Waals surface area contributed by atoms with Gasteiger partial charge in [-0.05, 0) is 24.5 Å². The topological polar surface area (TPSA) is 15.3 Å². The predicted octanol–water partition coefficient (Wildman–Crippen LogP) is 4.21. The molecule has 1 aliphatic heterocycles. The van der Waals surface area contributed by atoms with Gasteiger partial charge in [0.25, 0.3) is 0 Å². The van der Waals surface area contributed by atoms with Crippen LogP contribution in [-0.2, 0) is 0 Å². The Morgan fingerprint density at radius 1 is 1.32 bits per heavy atom. The first kappa shape index (κ1) is 15.0. The second-order valence-corrected chi connectivity index (χ2v) is 6.36. The summed E-state index contributed by atoms with van der Waals surface area (Å²) in [7, 11) is 0. The Labute approximate surface area is 126 Å². The van der Waals surface area contributed by atoms with Gasteiger partial charge in [-0.25, -0.2) is 0 Å². The Kier molecular flexibility index (Phi) is 4.99. The van der Waals surface area contributed by atoms with Crippen molar-refractivity contribution in [3.05, 3.63) is 28.2 Å². The van der Waals surface area contributed by atoms with E-state index in [0.717, 1.165) is 35.2 Å². The van der Waals surface area contributed by atoms with Crippen LogP contribution in [0.5, 0.6) is 0 Å². The summed E-state index contributed by atoms with van der Waals surface area (Å²) >= 11 is 12.8. The molecule has 1 saturated heterocycles. The van der Waals surface area contributed by atoms with Gasteiger partial charge >= 0.3 is 0 Å². The summed E-state index contributed by atoms with van der Waals surface area (Å²) in [4.78, 5) is 2.39.